The number of aromatic amines is 1. The van der Waals surface area contributed by atoms with Gasteiger partial charge in [-0.25, -0.2) is 4.79 Å². The molecule has 1 aliphatic rings. The Hall–Kier alpha value is -2.71. The van der Waals surface area contributed by atoms with E-state index in [-0.39, 0.29) is 24.2 Å². The van der Waals surface area contributed by atoms with Gasteiger partial charge in [-0.05, 0) is 26.3 Å². The van der Waals surface area contributed by atoms with Crippen LogP contribution in [0.3, 0.4) is 0 Å². The van der Waals surface area contributed by atoms with Gasteiger partial charge < -0.3 is 9.84 Å². The van der Waals surface area contributed by atoms with Crippen LogP contribution in [0.4, 0.5) is 4.79 Å². The van der Waals surface area contributed by atoms with Crippen LogP contribution in [0.25, 0.3) is 11.6 Å². The summed E-state index contributed by atoms with van der Waals surface area (Å²) in [5, 5.41) is 13.3. The van der Waals surface area contributed by atoms with Gasteiger partial charge in [-0.2, -0.15) is 10.1 Å². The third-order valence-electron chi connectivity index (χ3n) is 3.44. The quantitative estimate of drug-likeness (QED) is 0.809. The maximum Gasteiger partial charge on any atom is 0.325 e. The number of H-pyrrole nitrogens is 1. The number of aryl methyl sites for hydroxylation is 1. The fourth-order valence-electron chi connectivity index (χ4n) is 2.18. The predicted octanol–water partition coefficient (Wildman–Crippen LogP) is 0.852. The fourth-order valence-corrected chi connectivity index (χ4v) is 2.18. The van der Waals surface area contributed by atoms with Gasteiger partial charge in [0.2, 0.25) is 0 Å². The predicted molar refractivity (Wildman–Crippen MR) is 74.4 cm³/mol. The Labute approximate surface area is 126 Å². The molecule has 0 aromatic carbocycles. The number of carbonyl (C=O) groups is 2. The second kappa shape index (κ2) is 4.93. The zero-order valence-electron chi connectivity index (χ0n) is 12.5. The van der Waals surface area contributed by atoms with E-state index in [1.54, 1.807) is 13.8 Å². The van der Waals surface area contributed by atoms with Crippen LogP contribution in [-0.4, -0.2) is 42.7 Å². The lowest BCUT2D eigenvalue weighted by atomic mass is 10.1. The summed E-state index contributed by atoms with van der Waals surface area (Å²) in [5.74, 6) is 0.173. The van der Waals surface area contributed by atoms with Crippen LogP contribution in [0.1, 0.15) is 32.3 Å². The first-order valence-electron chi connectivity index (χ1n) is 6.92. The highest BCUT2D eigenvalue weighted by molar-refractivity contribution is 6.06. The molecule has 0 bridgehead atoms. The van der Waals surface area contributed by atoms with Gasteiger partial charge in [0.05, 0.1) is 6.54 Å². The first-order valence-corrected chi connectivity index (χ1v) is 6.92. The molecule has 0 radical (unpaired) electrons. The summed E-state index contributed by atoms with van der Waals surface area (Å²) >= 11 is 0. The second-order valence-corrected chi connectivity index (χ2v) is 5.59. The third-order valence-corrected chi connectivity index (χ3v) is 3.44. The number of aromatic nitrogens is 4. The normalized spacial score (nSPS) is 17.1. The Balaban J connectivity index is 1.77. The molecule has 116 valence electrons. The van der Waals surface area contributed by atoms with E-state index in [0.29, 0.717) is 5.69 Å². The lowest BCUT2D eigenvalue weighted by molar-refractivity contribution is -0.130. The van der Waals surface area contributed by atoms with Crippen molar-refractivity contribution >= 4 is 11.9 Å². The third kappa shape index (κ3) is 2.34. The molecule has 9 nitrogen and oxygen atoms in total. The summed E-state index contributed by atoms with van der Waals surface area (Å²) < 4.78 is 5.13. The molecule has 3 amide bonds. The van der Waals surface area contributed by atoms with Gasteiger partial charge in [-0.3, -0.25) is 14.8 Å². The smallest absolute Gasteiger partial charge is 0.325 e. The molecule has 2 aromatic heterocycles. The van der Waals surface area contributed by atoms with Crippen molar-refractivity contribution in [1.82, 2.24) is 30.6 Å². The highest BCUT2D eigenvalue weighted by atomic mass is 16.5. The molecule has 2 N–H and O–H groups in total. The Morgan fingerprint density at radius 3 is 2.73 bits per heavy atom. The highest BCUT2D eigenvalue weighted by Gasteiger charge is 2.44. The van der Waals surface area contributed by atoms with Gasteiger partial charge in [-0.1, -0.05) is 12.1 Å². The molecule has 1 saturated heterocycles. The van der Waals surface area contributed by atoms with Crippen LogP contribution in [0, 0.1) is 0 Å². The number of hydrogen-bond donors (Lipinski definition) is 2. The van der Waals surface area contributed by atoms with E-state index < -0.39 is 11.6 Å². The molecule has 3 heterocycles. The van der Waals surface area contributed by atoms with E-state index >= 15 is 0 Å². The van der Waals surface area contributed by atoms with Crippen LogP contribution >= 0.6 is 0 Å². The number of urea groups is 1. The molecule has 9 heteroatoms. The molecule has 3 rings (SSSR count). The largest absolute Gasteiger partial charge is 0.332 e. The summed E-state index contributed by atoms with van der Waals surface area (Å²) in [4.78, 5) is 29.2. The van der Waals surface area contributed by atoms with Crippen molar-refractivity contribution in [3.05, 3.63) is 17.6 Å². The number of carbonyl (C=O) groups excluding carboxylic acids is 2. The summed E-state index contributed by atoms with van der Waals surface area (Å²) in [6.45, 7) is 5.24. The van der Waals surface area contributed by atoms with Gasteiger partial charge >= 0.3 is 6.03 Å². The number of nitrogens with zero attached hydrogens (tertiary/aromatic N) is 4. The Kier molecular flexibility index (Phi) is 3.19. The van der Waals surface area contributed by atoms with Crippen LogP contribution in [0.15, 0.2) is 10.6 Å². The van der Waals surface area contributed by atoms with E-state index in [2.05, 4.69) is 25.7 Å². The maximum absolute atomic E-state index is 12.1. The van der Waals surface area contributed by atoms with Gasteiger partial charge in [-0.15, -0.1) is 0 Å². The van der Waals surface area contributed by atoms with E-state index in [0.717, 1.165) is 17.0 Å². The van der Waals surface area contributed by atoms with Crippen LogP contribution in [-0.2, 0) is 17.8 Å². The van der Waals surface area contributed by atoms with Gasteiger partial charge in [0, 0.05) is 5.69 Å². The molecule has 22 heavy (non-hydrogen) atoms. The zero-order valence-corrected chi connectivity index (χ0v) is 12.5. The number of amides is 3. The number of hydrogen-bond acceptors (Lipinski definition) is 6. The first kappa shape index (κ1) is 14.2. The van der Waals surface area contributed by atoms with Crippen molar-refractivity contribution in [1.29, 1.82) is 0 Å². The lowest BCUT2D eigenvalue weighted by Crippen LogP contribution is -2.40. The first-order chi connectivity index (χ1) is 10.4. The standard InChI is InChI=1S/C13H16N6O3/c1-4-7-5-8(17-16-7)10-14-9(18-22-10)6-19-11(20)13(2,3)15-12(19)21/h5H,4,6H2,1-3H3,(H,15,21)(H,16,17). The van der Waals surface area contributed by atoms with E-state index in [4.69, 9.17) is 4.52 Å². The molecule has 0 aliphatic carbocycles. The van der Waals surface area contributed by atoms with Crippen molar-refractivity contribution in [3.63, 3.8) is 0 Å². The average molecular weight is 304 g/mol. The average Bonchev–Trinajstić information content (AvgIpc) is 3.15. The second-order valence-electron chi connectivity index (χ2n) is 5.59. The van der Waals surface area contributed by atoms with Crippen LogP contribution in [0.5, 0.6) is 0 Å². The van der Waals surface area contributed by atoms with E-state index in [9.17, 15) is 9.59 Å². The van der Waals surface area contributed by atoms with Crippen molar-refractivity contribution in [3.8, 4) is 11.6 Å². The fraction of sp³-hybridized carbons (Fsp3) is 0.462. The molecule has 0 spiro atoms. The number of nitrogens with one attached hydrogen (secondary N) is 2. The molecular weight excluding hydrogens is 288 g/mol. The SMILES string of the molecule is CCc1cc(-c2nc(CN3C(=O)NC(C)(C)C3=O)no2)n[nH]1. The molecule has 0 saturated carbocycles. The number of imide groups is 1. The molecule has 0 unspecified atom stereocenters. The van der Waals surface area contributed by atoms with E-state index in [1.165, 1.54) is 0 Å². The molecule has 1 aliphatic heterocycles. The minimum Gasteiger partial charge on any atom is -0.332 e. The summed E-state index contributed by atoms with van der Waals surface area (Å²) in [6, 6.07) is 1.35. The van der Waals surface area contributed by atoms with Crippen molar-refractivity contribution in [2.24, 2.45) is 0 Å². The maximum atomic E-state index is 12.1. The van der Waals surface area contributed by atoms with Crippen molar-refractivity contribution in [2.45, 2.75) is 39.3 Å². The summed E-state index contributed by atoms with van der Waals surface area (Å²) in [6.07, 6.45) is 0.811. The minimum atomic E-state index is -0.915. The van der Waals surface area contributed by atoms with Crippen molar-refractivity contribution in [2.75, 3.05) is 0 Å². The Morgan fingerprint density at radius 1 is 1.36 bits per heavy atom. The minimum absolute atomic E-state index is 0.0390. The summed E-state index contributed by atoms with van der Waals surface area (Å²) in [7, 11) is 0. The van der Waals surface area contributed by atoms with Crippen molar-refractivity contribution < 1.29 is 14.1 Å². The van der Waals surface area contributed by atoms with Gasteiger partial charge in [0.15, 0.2) is 11.5 Å². The molecule has 1 fully saturated rings. The van der Waals surface area contributed by atoms with Crippen LogP contribution < -0.4 is 5.32 Å². The topological polar surface area (TPSA) is 117 Å². The molecular formula is C13H16N6O3. The monoisotopic (exact) mass is 304 g/mol. The number of rotatable bonds is 4. The summed E-state index contributed by atoms with van der Waals surface area (Å²) in [5.41, 5.74) is 0.570. The lowest BCUT2D eigenvalue weighted by Gasteiger charge is -2.14. The Bertz CT molecular complexity index is 732. The Morgan fingerprint density at radius 2 is 2.14 bits per heavy atom. The van der Waals surface area contributed by atoms with Crippen LogP contribution in [0.2, 0.25) is 0 Å². The molecule has 0 atom stereocenters. The van der Waals surface area contributed by atoms with E-state index in [1.807, 2.05) is 13.0 Å². The zero-order chi connectivity index (χ0) is 15.9. The van der Waals surface area contributed by atoms with Gasteiger partial charge in [0.25, 0.3) is 11.8 Å². The van der Waals surface area contributed by atoms with Gasteiger partial charge in [0.1, 0.15) is 5.54 Å². The molecule has 2 aromatic rings. The highest BCUT2D eigenvalue weighted by Crippen LogP contribution is 2.20.